The van der Waals surface area contributed by atoms with Gasteiger partial charge in [0.05, 0.1) is 0 Å². The van der Waals surface area contributed by atoms with E-state index >= 15 is 0 Å². The smallest absolute Gasteiger partial charge is 0.274 e. The molecule has 0 aliphatic heterocycles. The van der Waals surface area contributed by atoms with Crippen molar-refractivity contribution in [3.8, 4) is 0 Å². The predicted molar refractivity (Wildman–Crippen MR) is 58.0 cm³/mol. The summed E-state index contributed by atoms with van der Waals surface area (Å²) in [5.74, 6) is -0.168. The molecule has 0 unspecified atom stereocenters. The molecule has 0 bridgehead atoms. The van der Waals surface area contributed by atoms with Crippen molar-refractivity contribution in [2.45, 2.75) is 6.92 Å². The molecule has 6 heteroatoms. The summed E-state index contributed by atoms with van der Waals surface area (Å²) in [7, 11) is 1.82. The molecule has 0 fully saturated rings. The molecule has 2 aromatic heterocycles. The van der Waals surface area contributed by atoms with E-state index in [-0.39, 0.29) is 5.91 Å². The Hall–Kier alpha value is -1.69. The lowest BCUT2D eigenvalue weighted by Gasteiger charge is -2.01. The highest BCUT2D eigenvalue weighted by Gasteiger charge is 2.10. The highest BCUT2D eigenvalue weighted by atomic mass is 32.1. The van der Waals surface area contributed by atoms with Crippen molar-refractivity contribution in [2.75, 3.05) is 5.32 Å². The number of carbonyl (C=O) groups excluding carboxylic acids is 1. The molecule has 5 nitrogen and oxygen atoms in total. The number of rotatable bonds is 2. The van der Waals surface area contributed by atoms with E-state index < -0.39 is 0 Å². The number of hydrogen-bond donors (Lipinski definition) is 1. The Morgan fingerprint density at radius 1 is 1.53 bits per heavy atom. The first-order valence-corrected chi connectivity index (χ1v) is 5.21. The Kier molecular flexibility index (Phi) is 2.51. The maximum Gasteiger partial charge on any atom is 0.274 e. The van der Waals surface area contributed by atoms with Crippen LogP contribution in [-0.2, 0) is 7.05 Å². The normalized spacial score (nSPS) is 10.3. The van der Waals surface area contributed by atoms with Gasteiger partial charge in [-0.05, 0) is 19.1 Å². The molecule has 1 amide bonds. The lowest BCUT2D eigenvalue weighted by atomic mass is 10.4. The van der Waals surface area contributed by atoms with Gasteiger partial charge < -0.3 is 4.57 Å². The maximum atomic E-state index is 11.7. The van der Waals surface area contributed by atoms with Crippen molar-refractivity contribution in [1.29, 1.82) is 0 Å². The van der Waals surface area contributed by atoms with Crippen LogP contribution in [0.5, 0.6) is 0 Å². The standard InChI is InChI=1S/C9H10N4OS/c1-6-11-12-9(15-6)10-8(14)7-4-3-5-13(7)2/h3-5H,1-2H3,(H,10,12,14). The topological polar surface area (TPSA) is 59.8 Å². The van der Waals surface area contributed by atoms with Crippen molar-refractivity contribution in [1.82, 2.24) is 14.8 Å². The van der Waals surface area contributed by atoms with Gasteiger partial charge in [-0.2, -0.15) is 0 Å². The van der Waals surface area contributed by atoms with Crippen LogP contribution in [0.1, 0.15) is 15.5 Å². The van der Waals surface area contributed by atoms with Crippen molar-refractivity contribution in [3.05, 3.63) is 29.0 Å². The van der Waals surface area contributed by atoms with E-state index in [1.54, 1.807) is 10.6 Å². The third kappa shape index (κ3) is 2.04. The third-order valence-corrected chi connectivity index (χ3v) is 2.68. The van der Waals surface area contributed by atoms with Gasteiger partial charge in [0.2, 0.25) is 5.13 Å². The molecule has 78 valence electrons. The number of nitrogens with one attached hydrogen (secondary N) is 1. The molecule has 0 saturated heterocycles. The first kappa shape index (κ1) is 9.85. The molecule has 0 aliphatic carbocycles. The maximum absolute atomic E-state index is 11.7. The van der Waals surface area contributed by atoms with Crippen LogP contribution in [0, 0.1) is 6.92 Å². The zero-order chi connectivity index (χ0) is 10.8. The Bertz CT molecular complexity index is 488. The van der Waals surface area contributed by atoms with Crippen LogP contribution in [0.2, 0.25) is 0 Å². The Balaban J connectivity index is 2.14. The lowest BCUT2D eigenvalue weighted by Crippen LogP contribution is -2.15. The lowest BCUT2D eigenvalue weighted by molar-refractivity contribution is 0.101. The van der Waals surface area contributed by atoms with Gasteiger partial charge in [0.1, 0.15) is 10.7 Å². The van der Waals surface area contributed by atoms with Gasteiger partial charge >= 0.3 is 0 Å². The summed E-state index contributed by atoms with van der Waals surface area (Å²) in [5, 5.41) is 11.7. The molecule has 2 aromatic rings. The molecule has 0 saturated carbocycles. The number of anilines is 1. The molecule has 15 heavy (non-hydrogen) atoms. The van der Waals surface area contributed by atoms with Crippen LogP contribution >= 0.6 is 11.3 Å². The molecule has 0 radical (unpaired) electrons. The average Bonchev–Trinajstić information content (AvgIpc) is 2.75. The van der Waals surface area contributed by atoms with Crippen LogP contribution < -0.4 is 5.32 Å². The van der Waals surface area contributed by atoms with Gasteiger partial charge in [0.25, 0.3) is 5.91 Å². The second-order valence-corrected chi connectivity index (χ2v) is 4.27. The third-order valence-electron chi connectivity index (χ3n) is 1.92. The minimum Gasteiger partial charge on any atom is -0.347 e. The predicted octanol–water partition coefficient (Wildman–Crippen LogP) is 1.44. The SMILES string of the molecule is Cc1nnc(NC(=O)c2cccn2C)s1. The second-order valence-electron chi connectivity index (χ2n) is 3.08. The highest BCUT2D eigenvalue weighted by Crippen LogP contribution is 2.14. The molecule has 0 aliphatic rings. The zero-order valence-corrected chi connectivity index (χ0v) is 9.21. The fourth-order valence-corrected chi connectivity index (χ4v) is 1.79. The van der Waals surface area contributed by atoms with Crippen molar-refractivity contribution >= 4 is 22.4 Å². The molecule has 0 spiro atoms. The first-order valence-electron chi connectivity index (χ1n) is 4.39. The quantitative estimate of drug-likeness (QED) is 0.836. The van der Waals surface area contributed by atoms with Crippen LogP contribution in [0.15, 0.2) is 18.3 Å². The minimum atomic E-state index is -0.168. The summed E-state index contributed by atoms with van der Waals surface area (Å²) in [5.41, 5.74) is 0.600. The number of amides is 1. The average molecular weight is 222 g/mol. The van der Waals surface area contributed by atoms with E-state index in [4.69, 9.17) is 0 Å². The van der Waals surface area contributed by atoms with Gasteiger partial charge in [-0.25, -0.2) is 0 Å². The Morgan fingerprint density at radius 3 is 2.87 bits per heavy atom. The molecule has 2 heterocycles. The summed E-state index contributed by atoms with van der Waals surface area (Å²) >= 11 is 1.36. The van der Waals surface area contributed by atoms with E-state index in [9.17, 15) is 4.79 Å². The van der Waals surface area contributed by atoms with Gasteiger partial charge in [-0.3, -0.25) is 10.1 Å². The van der Waals surface area contributed by atoms with E-state index in [0.717, 1.165) is 5.01 Å². The summed E-state index contributed by atoms with van der Waals surface area (Å²) in [6.07, 6.45) is 1.82. The van der Waals surface area contributed by atoms with Gasteiger partial charge in [0.15, 0.2) is 0 Å². The van der Waals surface area contributed by atoms with E-state index in [0.29, 0.717) is 10.8 Å². The number of carbonyl (C=O) groups is 1. The number of aromatic nitrogens is 3. The van der Waals surface area contributed by atoms with Crippen molar-refractivity contribution in [3.63, 3.8) is 0 Å². The van der Waals surface area contributed by atoms with E-state index in [2.05, 4.69) is 15.5 Å². The molecular formula is C9H10N4OS. The summed E-state index contributed by atoms with van der Waals surface area (Å²) in [6.45, 7) is 1.84. The van der Waals surface area contributed by atoms with E-state index in [1.165, 1.54) is 11.3 Å². The molecule has 2 rings (SSSR count). The first-order chi connectivity index (χ1) is 7.16. The van der Waals surface area contributed by atoms with Gasteiger partial charge in [-0.15, -0.1) is 10.2 Å². The largest absolute Gasteiger partial charge is 0.347 e. The Morgan fingerprint density at radius 2 is 2.33 bits per heavy atom. The molecule has 0 atom stereocenters. The van der Waals surface area contributed by atoms with Crippen LogP contribution in [-0.4, -0.2) is 20.7 Å². The summed E-state index contributed by atoms with van der Waals surface area (Å²) in [4.78, 5) is 11.7. The van der Waals surface area contributed by atoms with Crippen molar-refractivity contribution in [2.24, 2.45) is 7.05 Å². The van der Waals surface area contributed by atoms with Crippen LogP contribution in [0.3, 0.4) is 0 Å². The van der Waals surface area contributed by atoms with Gasteiger partial charge in [0, 0.05) is 13.2 Å². The van der Waals surface area contributed by atoms with Crippen molar-refractivity contribution < 1.29 is 4.79 Å². The number of nitrogens with zero attached hydrogens (tertiary/aromatic N) is 3. The fraction of sp³-hybridized carbons (Fsp3) is 0.222. The van der Waals surface area contributed by atoms with Crippen LogP contribution in [0.4, 0.5) is 5.13 Å². The minimum absolute atomic E-state index is 0.168. The highest BCUT2D eigenvalue weighted by molar-refractivity contribution is 7.15. The van der Waals surface area contributed by atoms with E-state index in [1.807, 2.05) is 26.2 Å². The molecule has 1 N–H and O–H groups in total. The Labute approximate surface area is 90.8 Å². The molecule has 0 aromatic carbocycles. The monoisotopic (exact) mass is 222 g/mol. The second kappa shape index (κ2) is 3.82. The summed E-state index contributed by atoms with van der Waals surface area (Å²) < 4.78 is 1.75. The van der Waals surface area contributed by atoms with Gasteiger partial charge in [-0.1, -0.05) is 11.3 Å². The fourth-order valence-electron chi connectivity index (χ4n) is 1.21. The number of hydrogen-bond acceptors (Lipinski definition) is 4. The summed E-state index contributed by atoms with van der Waals surface area (Å²) in [6, 6.07) is 3.57. The zero-order valence-electron chi connectivity index (χ0n) is 8.39. The van der Waals surface area contributed by atoms with Crippen LogP contribution in [0.25, 0.3) is 0 Å². The number of aryl methyl sites for hydroxylation is 2. The molecular weight excluding hydrogens is 212 g/mol.